The van der Waals surface area contributed by atoms with Gasteiger partial charge in [-0.2, -0.15) is 0 Å². The Hall–Kier alpha value is -2.69. The number of carbonyl (C=O) groups is 3. The number of allylic oxidation sites excluding steroid dienone is 4. The Morgan fingerprint density at radius 3 is 2.56 bits per heavy atom. The van der Waals surface area contributed by atoms with Crippen molar-refractivity contribution >= 4 is 17.6 Å². The van der Waals surface area contributed by atoms with Gasteiger partial charge in [0.1, 0.15) is 17.8 Å². The molecule has 5 nitrogen and oxygen atoms in total. The fourth-order valence-corrected chi connectivity index (χ4v) is 7.87. The van der Waals surface area contributed by atoms with Crippen LogP contribution in [0.5, 0.6) is 5.75 Å². The van der Waals surface area contributed by atoms with Crippen molar-refractivity contribution < 1.29 is 19.1 Å². The second kappa shape index (κ2) is 8.21. The molecule has 0 spiro atoms. The molecule has 3 aliphatic heterocycles. The summed E-state index contributed by atoms with van der Waals surface area (Å²) >= 11 is 0. The smallest absolute Gasteiger partial charge is 0.237 e. The molecule has 1 N–H and O–H groups in total. The van der Waals surface area contributed by atoms with Crippen molar-refractivity contribution in [2.75, 3.05) is 0 Å². The predicted octanol–water partition coefficient (Wildman–Crippen LogP) is 4.12. The van der Waals surface area contributed by atoms with Gasteiger partial charge in [0.25, 0.3) is 0 Å². The summed E-state index contributed by atoms with van der Waals surface area (Å²) in [5.74, 6) is -0.223. The highest BCUT2D eigenvalue weighted by Crippen LogP contribution is 2.58. The molecule has 0 unspecified atom stereocenters. The van der Waals surface area contributed by atoms with Gasteiger partial charge in [0.2, 0.25) is 11.8 Å². The van der Waals surface area contributed by atoms with Gasteiger partial charge in [-0.3, -0.25) is 19.7 Å². The second-order valence-corrected chi connectivity index (χ2v) is 11.2. The zero-order valence-corrected chi connectivity index (χ0v) is 19.9. The van der Waals surface area contributed by atoms with E-state index in [1.165, 1.54) is 6.42 Å². The molecule has 5 heteroatoms. The van der Waals surface area contributed by atoms with E-state index >= 15 is 0 Å². The lowest BCUT2D eigenvalue weighted by Gasteiger charge is -2.39. The largest absolute Gasteiger partial charge is 0.490 e. The molecule has 1 aromatic rings. The first kappa shape index (κ1) is 21.8. The molecule has 0 radical (unpaired) electrons. The van der Waals surface area contributed by atoms with E-state index in [1.807, 2.05) is 37.3 Å². The van der Waals surface area contributed by atoms with Crippen molar-refractivity contribution in [2.45, 2.75) is 45.6 Å². The molecule has 1 saturated heterocycles. The fourth-order valence-electron chi connectivity index (χ4n) is 7.87. The molecular formula is C29H33NO4. The number of ketones is 1. The molecule has 178 valence electrons. The van der Waals surface area contributed by atoms with Gasteiger partial charge >= 0.3 is 0 Å². The van der Waals surface area contributed by atoms with Crippen LogP contribution >= 0.6 is 0 Å². The summed E-state index contributed by atoms with van der Waals surface area (Å²) in [7, 11) is 0. The van der Waals surface area contributed by atoms with Crippen LogP contribution in [0.3, 0.4) is 0 Å². The number of hydrogen-bond donors (Lipinski definition) is 1. The van der Waals surface area contributed by atoms with E-state index in [0.717, 1.165) is 24.2 Å². The van der Waals surface area contributed by atoms with Crippen LogP contribution in [0, 0.1) is 53.3 Å². The minimum atomic E-state index is -0.932. The van der Waals surface area contributed by atoms with Crippen LogP contribution in [-0.2, 0) is 20.8 Å². The summed E-state index contributed by atoms with van der Waals surface area (Å²) in [6.45, 7) is 4.30. The molecule has 2 amide bonds. The van der Waals surface area contributed by atoms with Gasteiger partial charge in [-0.05, 0) is 67.6 Å². The summed E-state index contributed by atoms with van der Waals surface area (Å²) in [5.41, 5.74) is 0.944. The highest BCUT2D eigenvalue weighted by molar-refractivity contribution is 6.16. The van der Waals surface area contributed by atoms with Gasteiger partial charge in [0.15, 0.2) is 5.78 Å². The van der Waals surface area contributed by atoms with Crippen LogP contribution in [0.4, 0.5) is 0 Å². The van der Waals surface area contributed by atoms with Gasteiger partial charge in [0, 0.05) is 17.8 Å². The van der Waals surface area contributed by atoms with E-state index in [1.54, 1.807) is 0 Å². The predicted molar refractivity (Wildman–Crippen MR) is 128 cm³/mol. The van der Waals surface area contributed by atoms with Crippen molar-refractivity contribution in [3.63, 3.8) is 0 Å². The number of imide groups is 1. The third-order valence-electron chi connectivity index (χ3n) is 9.31. The molecule has 3 aliphatic carbocycles. The number of amides is 2. The Kier molecular flexibility index (Phi) is 5.27. The maximum atomic E-state index is 14.3. The van der Waals surface area contributed by atoms with Crippen LogP contribution < -0.4 is 10.1 Å². The zero-order chi connectivity index (χ0) is 23.6. The number of nitrogens with one attached hydrogen (secondary N) is 1. The highest BCUT2D eigenvalue weighted by Gasteiger charge is 2.60. The molecule has 10 atom stereocenters. The van der Waals surface area contributed by atoms with Gasteiger partial charge in [-0.15, -0.1) is 0 Å². The third-order valence-corrected chi connectivity index (χ3v) is 9.31. The van der Waals surface area contributed by atoms with E-state index in [0.29, 0.717) is 24.2 Å². The summed E-state index contributed by atoms with van der Waals surface area (Å²) in [6.07, 6.45) is 12.3. The van der Waals surface area contributed by atoms with Gasteiger partial charge in [0.05, 0.1) is 5.92 Å². The Morgan fingerprint density at radius 2 is 1.79 bits per heavy atom. The normalized spacial score (nSPS) is 42.9. The number of fused-ring (bicyclic) bond motifs is 4. The van der Waals surface area contributed by atoms with E-state index in [2.05, 4.69) is 30.5 Å². The molecule has 2 saturated carbocycles. The molecule has 2 bridgehead atoms. The maximum Gasteiger partial charge on any atom is 0.237 e. The van der Waals surface area contributed by atoms with E-state index in [-0.39, 0.29) is 41.5 Å². The van der Waals surface area contributed by atoms with Crippen LogP contribution in [0.1, 0.15) is 38.7 Å². The van der Waals surface area contributed by atoms with Crippen molar-refractivity contribution in [1.29, 1.82) is 0 Å². The number of hydrogen-bond acceptors (Lipinski definition) is 4. The number of Topliss-reactive ketones (excluding diaryl/α,β-unsaturated/α-hetero) is 1. The van der Waals surface area contributed by atoms with Gasteiger partial charge in [-0.1, -0.05) is 49.8 Å². The van der Waals surface area contributed by atoms with Gasteiger partial charge in [-0.25, -0.2) is 0 Å². The maximum absolute atomic E-state index is 14.3. The molecule has 3 heterocycles. The lowest BCUT2D eigenvalue weighted by molar-refractivity contribution is -0.139. The molecule has 0 aromatic heterocycles. The summed E-state index contributed by atoms with van der Waals surface area (Å²) in [5, 5.41) is 2.48. The highest BCUT2D eigenvalue weighted by atomic mass is 16.5. The Morgan fingerprint density at radius 1 is 1.00 bits per heavy atom. The molecule has 1 aromatic carbocycles. The lowest BCUT2D eigenvalue weighted by Crippen LogP contribution is -2.46. The second-order valence-electron chi connectivity index (χ2n) is 11.2. The van der Waals surface area contributed by atoms with Crippen molar-refractivity contribution in [3.8, 4) is 5.75 Å². The molecule has 3 fully saturated rings. The first-order valence-corrected chi connectivity index (χ1v) is 12.9. The minimum absolute atomic E-state index is 0.00209. The summed E-state index contributed by atoms with van der Waals surface area (Å²) < 4.78 is 6.76. The van der Waals surface area contributed by atoms with Crippen LogP contribution in [0.25, 0.3) is 0 Å². The number of carbonyl (C=O) groups excluding carboxylic acids is 3. The van der Waals surface area contributed by atoms with E-state index < -0.39 is 17.7 Å². The van der Waals surface area contributed by atoms with Crippen molar-refractivity contribution in [2.24, 2.45) is 53.3 Å². The van der Waals surface area contributed by atoms with Crippen LogP contribution in [-0.4, -0.2) is 23.7 Å². The molecule has 7 rings (SSSR count). The number of ether oxygens (including phenoxy) is 1. The summed E-state index contributed by atoms with van der Waals surface area (Å²) in [6, 6.07) is 7.94. The van der Waals surface area contributed by atoms with Crippen LogP contribution in [0.2, 0.25) is 0 Å². The molecular weight excluding hydrogens is 426 g/mol. The van der Waals surface area contributed by atoms with Crippen molar-refractivity contribution in [1.82, 2.24) is 5.32 Å². The average Bonchev–Trinajstić information content (AvgIpc) is 3.26. The fraction of sp³-hybridized carbons (Fsp3) is 0.552. The monoisotopic (exact) mass is 459 g/mol. The Labute approximate surface area is 201 Å². The Bertz CT molecular complexity index is 1070. The standard InChI is InChI=1S/C29H33NO4/c1-3-4-17-8-12-19-21-13-15(2)5-11-20(21)27-24(19)23(17)26(31)25-22(28(32)30-29(25)33)14-16-6-9-18(34-27)10-7-16/h3-4,6-10,12,15,17,19-25,27H,5,11,13-14H2,1-2H3,(H,30,32,33)/b4-3+/t15-,17+,19+,20-,21+,22+,23+,24+,25-,27+/m1/s1. The minimum Gasteiger partial charge on any atom is -0.490 e. The molecule has 34 heavy (non-hydrogen) atoms. The molecule has 6 aliphatic rings. The van der Waals surface area contributed by atoms with Crippen molar-refractivity contribution in [3.05, 3.63) is 54.1 Å². The first-order chi connectivity index (χ1) is 16.5. The summed E-state index contributed by atoms with van der Waals surface area (Å²) in [4.78, 5) is 40.1. The average molecular weight is 460 g/mol. The third kappa shape index (κ3) is 3.30. The quantitative estimate of drug-likeness (QED) is 0.390. The first-order valence-electron chi connectivity index (χ1n) is 12.9. The Balaban J connectivity index is 1.52. The number of rotatable bonds is 1. The zero-order valence-electron chi connectivity index (χ0n) is 19.9. The van der Waals surface area contributed by atoms with Gasteiger partial charge < -0.3 is 4.74 Å². The topological polar surface area (TPSA) is 72.5 Å². The van der Waals surface area contributed by atoms with E-state index in [4.69, 9.17) is 4.74 Å². The lowest BCUT2D eigenvalue weighted by atomic mass is 9.64. The van der Waals surface area contributed by atoms with Crippen LogP contribution in [0.15, 0.2) is 48.6 Å². The number of benzene rings is 1. The van der Waals surface area contributed by atoms with E-state index in [9.17, 15) is 14.4 Å². The SMILES string of the molecule is C/C=C/[C@H]1C=C[C@H]2[C@@H]3C[C@H](C)CC[C@H]3[C@@H]3Oc4ccc(cc4)C[C@@H]4C(=O)NC(=O)[C@H]4C(=O)[C@@H]1[C@H]23.